The van der Waals surface area contributed by atoms with Gasteiger partial charge in [-0.3, -0.25) is 4.79 Å². The van der Waals surface area contributed by atoms with Gasteiger partial charge in [0, 0.05) is 0 Å². The van der Waals surface area contributed by atoms with Crippen LogP contribution < -0.4 is 0 Å². The fourth-order valence-corrected chi connectivity index (χ4v) is 1.50. The maximum absolute atomic E-state index is 12.0. The largest absolute Gasteiger partial charge is 0.450 e. The lowest BCUT2D eigenvalue weighted by Gasteiger charge is -2.01. The average molecular weight is 268 g/mol. The number of hydrogen-bond donors (Lipinski definition) is 0. The van der Waals surface area contributed by atoms with Gasteiger partial charge in [-0.1, -0.05) is 19.0 Å². The van der Waals surface area contributed by atoms with Gasteiger partial charge in [0.05, 0.1) is 12.2 Å². The van der Waals surface area contributed by atoms with Crippen molar-refractivity contribution in [2.24, 2.45) is 0 Å². The van der Waals surface area contributed by atoms with Gasteiger partial charge in [-0.05, 0) is 5.25 Å². The number of alkyl halides is 3. The molecule has 0 atom stereocenters. The van der Waals surface area contributed by atoms with E-state index in [0.717, 1.165) is 0 Å². The summed E-state index contributed by atoms with van der Waals surface area (Å²) in [5.74, 6) is -1.44. The highest BCUT2D eigenvalue weighted by Gasteiger charge is 2.39. The summed E-state index contributed by atoms with van der Waals surface area (Å²) in [6.45, 7) is 3.94. The Balaban J connectivity index is 2.54. The number of thioether (sulfide) groups is 1. The summed E-state index contributed by atoms with van der Waals surface area (Å²) >= 11 is 1.53. The van der Waals surface area contributed by atoms with Gasteiger partial charge < -0.3 is 4.52 Å². The molecular weight excluding hydrogens is 257 g/mol. The molecule has 1 heterocycles. The Labute approximate surface area is 100.0 Å². The van der Waals surface area contributed by atoms with E-state index in [2.05, 4.69) is 14.7 Å². The number of aromatic nitrogens is 2. The summed E-state index contributed by atoms with van der Waals surface area (Å²) < 4.78 is 40.4. The summed E-state index contributed by atoms with van der Waals surface area (Å²) in [5.41, 5.74) is 0. The fourth-order valence-electron chi connectivity index (χ4n) is 0.899. The quantitative estimate of drug-likeness (QED) is 0.820. The van der Waals surface area contributed by atoms with E-state index in [0.29, 0.717) is 16.8 Å². The van der Waals surface area contributed by atoms with Gasteiger partial charge in [0.15, 0.2) is 5.82 Å². The molecule has 17 heavy (non-hydrogen) atoms. The molecule has 0 amide bonds. The van der Waals surface area contributed by atoms with Crippen molar-refractivity contribution in [3.05, 3.63) is 11.7 Å². The Morgan fingerprint density at radius 3 is 2.65 bits per heavy atom. The van der Waals surface area contributed by atoms with Crippen molar-refractivity contribution >= 4 is 17.5 Å². The standard InChI is InChI=1S/C9H11F3N2O2S/c1-5(2)17-4-7-13-8(16-14-7)3-6(15)9(10,11)12/h5H,3-4H2,1-2H3. The summed E-state index contributed by atoms with van der Waals surface area (Å²) in [5, 5.41) is 3.85. The third-order valence-electron chi connectivity index (χ3n) is 1.68. The van der Waals surface area contributed by atoms with E-state index >= 15 is 0 Å². The fraction of sp³-hybridized carbons (Fsp3) is 0.667. The van der Waals surface area contributed by atoms with Crippen molar-refractivity contribution in [2.45, 2.75) is 37.4 Å². The van der Waals surface area contributed by atoms with Crippen molar-refractivity contribution in [1.82, 2.24) is 10.1 Å². The van der Waals surface area contributed by atoms with E-state index in [-0.39, 0.29) is 5.89 Å². The SMILES string of the molecule is CC(C)SCc1noc(CC(=O)C(F)(F)F)n1. The molecule has 96 valence electrons. The summed E-state index contributed by atoms with van der Waals surface area (Å²) in [6.07, 6.45) is -5.76. The molecular formula is C9H11F3N2O2S. The summed E-state index contributed by atoms with van der Waals surface area (Å²) in [6, 6.07) is 0. The van der Waals surface area contributed by atoms with Crippen LogP contribution in [-0.4, -0.2) is 27.4 Å². The number of carbonyl (C=O) groups excluding carboxylic acids is 1. The summed E-state index contributed by atoms with van der Waals surface area (Å²) in [7, 11) is 0. The van der Waals surface area contributed by atoms with Crippen LogP contribution in [0.5, 0.6) is 0 Å². The van der Waals surface area contributed by atoms with Crippen LogP contribution in [0.25, 0.3) is 0 Å². The van der Waals surface area contributed by atoms with Crippen molar-refractivity contribution < 1.29 is 22.5 Å². The van der Waals surface area contributed by atoms with Crippen molar-refractivity contribution in [3.8, 4) is 0 Å². The van der Waals surface area contributed by atoms with Crippen LogP contribution in [0.15, 0.2) is 4.52 Å². The van der Waals surface area contributed by atoms with Gasteiger partial charge in [0.1, 0.15) is 0 Å². The first kappa shape index (κ1) is 14.0. The number of carbonyl (C=O) groups is 1. The molecule has 0 aliphatic heterocycles. The number of halogens is 3. The van der Waals surface area contributed by atoms with Crippen molar-refractivity contribution in [2.75, 3.05) is 0 Å². The van der Waals surface area contributed by atoms with Gasteiger partial charge in [-0.2, -0.15) is 29.9 Å². The smallest absolute Gasteiger partial charge is 0.339 e. The number of nitrogens with zero attached hydrogens (tertiary/aromatic N) is 2. The lowest BCUT2D eigenvalue weighted by molar-refractivity contribution is -0.170. The highest BCUT2D eigenvalue weighted by Crippen LogP contribution is 2.19. The molecule has 8 heteroatoms. The van der Waals surface area contributed by atoms with E-state index in [1.165, 1.54) is 11.8 Å². The molecule has 1 aromatic rings. The molecule has 0 aliphatic rings. The number of rotatable bonds is 5. The molecule has 0 bridgehead atoms. The summed E-state index contributed by atoms with van der Waals surface area (Å²) in [4.78, 5) is 14.4. The maximum Gasteiger partial charge on any atom is 0.450 e. The zero-order valence-corrected chi connectivity index (χ0v) is 10.1. The van der Waals surface area contributed by atoms with Crippen LogP contribution in [-0.2, 0) is 17.0 Å². The lowest BCUT2D eigenvalue weighted by Crippen LogP contribution is -2.24. The molecule has 0 spiro atoms. The van der Waals surface area contributed by atoms with E-state index in [1.807, 2.05) is 13.8 Å². The first-order valence-electron chi connectivity index (χ1n) is 4.82. The zero-order chi connectivity index (χ0) is 13.1. The van der Waals surface area contributed by atoms with Crippen LogP contribution in [0.1, 0.15) is 25.6 Å². The number of ketones is 1. The molecule has 0 fully saturated rings. The highest BCUT2D eigenvalue weighted by atomic mass is 32.2. The monoisotopic (exact) mass is 268 g/mol. The van der Waals surface area contributed by atoms with Crippen LogP contribution >= 0.6 is 11.8 Å². The van der Waals surface area contributed by atoms with Gasteiger partial charge >= 0.3 is 6.18 Å². The molecule has 0 aliphatic carbocycles. The van der Waals surface area contributed by atoms with E-state index in [4.69, 9.17) is 0 Å². The Hall–Kier alpha value is -1.05. The average Bonchev–Trinajstić information content (AvgIpc) is 2.61. The van der Waals surface area contributed by atoms with Gasteiger partial charge in [-0.15, -0.1) is 0 Å². The minimum absolute atomic E-state index is 0.299. The maximum atomic E-state index is 12.0. The van der Waals surface area contributed by atoms with Crippen molar-refractivity contribution in [1.29, 1.82) is 0 Å². The van der Waals surface area contributed by atoms with Crippen LogP contribution in [0.3, 0.4) is 0 Å². The predicted molar refractivity (Wildman–Crippen MR) is 55.5 cm³/mol. The molecule has 1 rings (SSSR count). The molecule has 1 aromatic heterocycles. The third kappa shape index (κ3) is 4.76. The highest BCUT2D eigenvalue weighted by molar-refractivity contribution is 7.99. The van der Waals surface area contributed by atoms with Gasteiger partial charge in [0.2, 0.25) is 11.7 Å². The topological polar surface area (TPSA) is 56.0 Å². The van der Waals surface area contributed by atoms with Crippen LogP contribution in [0.2, 0.25) is 0 Å². The second-order valence-electron chi connectivity index (χ2n) is 3.56. The molecule has 0 N–H and O–H groups in total. The molecule has 0 radical (unpaired) electrons. The predicted octanol–water partition coefficient (Wildman–Crippen LogP) is 2.39. The number of hydrogen-bond acceptors (Lipinski definition) is 5. The van der Waals surface area contributed by atoms with Gasteiger partial charge in [-0.25, -0.2) is 0 Å². The van der Waals surface area contributed by atoms with Crippen LogP contribution in [0, 0.1) is 0 Å². The van der Waals surface area contributed by atoms with E-state index in [1.54, 1.807) is 0 Å². The third-order valence-corrected chi connectivity index (χ3v) is 2.78. The molecule has 0 saturated carbocycles. The Morgan fingerprint density at radius 1 is 1.47 bits per heavy atom. The zero-order valence-electron chi connectivity index (χ0n) is 9.24. The van der Waals surface area contributed by atoms with Crippen LogP contribution in [0.4, 0.5) is 13.2 Å². The van der Waals surface area contributed by atoms with Crippen molar-refractivity contribution in [3.63, 3.8) is 0 Å². The molecule has 0 aromatic carbocycles. The van der Waals surface area contributed by atoms with E-state index in [9.17, 15) is 18.0 Å². The first-order chi connectivity index (χ1) is 7.79. The van der Waals surface area contributed by atoms with Gasteiger partial charge in [0.25, 0.3) is 0 Å². The minimum atomic E-state index is -4.86. The Kier molecular flexibility index (Phi) is 4.55. The first-order valence-corrected chi connectivity index (χ1v) is 5.87. The minimum Gasteiger partial charge on any atom is -0.339 e. The second kappa shape index (κ2) is 5.52. The molecule has 4 nitrogen and oxygen atoms in total. The Morgan fingerprint density at radius 2 is 2.12 bits per heavy atom. The second-order valence-corrected chi connectivity index (χ2v) is 5.13. The number of Topliss-reactive ketones (excluding diaryl/α,β-unsaturated/α-hetero) is 1. The van der Waals surface area contributed by atoms with E-state index < -0.39 is 18.4 Å². The lowest BCUT2D eigenvalue weighted by atomic mass is 10.3. The molecule has 0 unspecified atom stereocenters. The Bertz CT molecular complexity index is 390. The normalized spacial score (nSPS) is 12.1. The molecule has 0 saturated heterocycles.